The number of aromatic nitrogens is 1. The molecule has 1 rings (SSSR count). The molecule has 0 bridgehead atoms. The molecule has 0 fully saturated rings. The van der Waals surface area contributed by atoms with Crippen LogP contribution in [-0.2, 0) is 9.53 Å². The lowest BCUT2D eigenvalue weighted by molar-refractivity contribution is -0.137. The first-order valence-electron chi connectivity index (χ1n) is 4.28. The van der Waals surface area contributed by atoms with E-state index in [2.05, 4.69) is 4.98 Å². The van der Waals surface area contributed by atoms with Crippen LogP contribution in [0, 0.1) is 0 Å². The van der Waals surface area contributed by atoms with E-state index in [4.69, 9.17) is 10.5 Å². The molecule has 0 saturated heterocycles. The quantitative estimate of drug-likeness (QED) is 0.578. The molecule has 4 heteroatoms. The van der Waals surface area contributed by atoms with Gasteiger partial charge in [-0.2, -0.15) is 0 Å². The highest BCUT2D eigenvalue weighted by Crippen LogP contribution is 2.04. The lowest BCUT2D eigenvalue weighted by Crippen LogP contribution is -1.98. The first-order valence-corrected chi connectivity index (χ1v) is 4.28. The largest absolute Gasteiger partial charge is 0.463 e. The van der Waals surface area contributed by atoms with Gasteiger partial charge in [-0.05, 0) is 25.1 Å². The Morgan fingerprint density at radius 3 is 3.14 bits per heavy atom. The predicted molar refractivity (Wildman–Crippen MR) is 54.3 cm³/mol. The van der Waals surface area contributed by atoms with Gasteiger partial charge in [0.25, 0.3) is 0 Å². The highest BCUT2D eigenvalue weighted by Gasteiger charge is 1.94. The third kappa shape index (κ3) is 3.26. The average molecular weight is 192 g/mol. The SMILES string of the molecule is CCOC(=O)/C=C/c1cc(N)ccn1. The fourth-order valence-corrected chi connectivity index (χ4v) is 0.900. The maximum atomic E-state index is 10.9. The van der Waals surface area contributed by atoms with Crippen molar-refractivity contribution < 1.29 is 9.53 Å². The van der Waals surface area contributed by atoms with Crippen molar-refractivity contribution in [2.45, 2.75) is 6.92 Å². The summed E-state index contributed by atoms with van der Waals surface area (Å²) in [7, 11) is 0. The van der Waals surface area contributed by atoms with Crippen molar-refractivity contribution in [1.82, 2.24) is 4.98 Å². The molecule has 0 aromatic carbocycles. The number of pyridine rings is 1. The molecule has 0 radical (unpaired) electrons. The van der Waals surface area contributed by atoms with E-state index in [1.54, 1.807) is 31.3 Å². The summed E-state index contributed by atoms with van der Waals surface area (Å²) in [5, 5.41) is 0. The number of nitrogens with two attached hydrogens (primary N) is 1. The lowest BCUT2D eigenvalue weighted by atomic mass is 10.3. The van der Waals surface area contributed by atoms with E-state index in [1.165, 1.54) is 6.08 Å². The number of carbonyl (C=O) groups excluding carboxylic acids is 1. The Morgan fingerprint density at radius 1 is 1.71 bits per heavy atom. The number of hydrogen-bond acceptors (Lipinski definition) is 4. The first kappa shape index (κ1) is 10.2. The molecule has 0 spiro atoms. The highest BCUT2D eigenvalue weighted by atomic mass is 16.5. The third-order valence-corrected chi connectivity index (χ3v) is 1.48. The molecule has 4 nitrogen and oxygen atoms in total. The smallest absolute Gasteiger partial charge is 0.330 e. The van der Waals surface area contributed by atoms with Gasteiger partial charge in [-0.3, -0.25) is 4.98 Å². The summed E-state index contributed by atoms with van der Waals surface area (Å²) in [4.78, 5) is 14.9. The fourth-order valence-electron chi connectivity index (χ4n) is 0.900. The second-order valence-corrected chi connectivity index (χ2v) is 2.60. The van der Waals surface area contributed by atoms with Crippen molar-refractivity contribution in [2.75, 3.05) is 12.3 Å². The van der Waals surface area contributed by atoms with E-state index in [1.807, 2.05) is 0 Å². The van der Waals surface area contributed by atoms with Gasteiger partial charge < -0.3 is 10.5 Å². The number of nitrogen functional groups attached to an aromatic ring is 1. The van der Waals surface area contributed by atoms with Gasteiger partial charge in [0.05, 0.1) is 12.3 Å². The Morgan fingerprint density at radius 2 is 2.50 bits per heavy atom. The Balaban J connectivity index is 2.64. The summed E-state index contributed by atoms with van der Waals surface area (Å²) in [6.07, 6.45) is 4.47. The predicted octanol–water partition coefficient (Wildman–Crippen LogP) is 1.24. The fraction of sp³-hybridized carbons (Fsp3) is 0.200. The lowest BCUT2D eigenvalue weighted by Gasteiger charge is -1.96. The minimum absolute atomic E-state index is 0.369. The van der Waals surface area contributed by atoms with Crippen LogP contribution in [0.2, 0.25) is 0 Å². The maximum Gasteiger partial charge on any atom is 0.330 e. The molecular weight excluding hydrogens is 180 g/mol. The van der Waals surface area contributed by atoms with Gasteiger partial charge in [0.15, 0.2) is 0 Å². The van der Waals surface area contributed by atoms with Crippen LogP contribution in [0.5, 0.6) is 0 Å². The summed E-state index contributed by atoms with van der Waals surface area (Å²) in [5.41, 5.74) is 6.79. The molecule has 0 atom stereocenters. The number of rotatable bonds is 3. The highest BCUT2D eigenvalue weighted by molar-refractivity contribution is 5.86. The molecular formula is C10H12N2O2. The topological polar surface area (TPSA) is 65.2 Å². The van der Waals surface area contributed by atoms with Crippen molar-refractivity contribution in [3.63, 3.8) is 0 Å². The molecule has 0 aliphatic rings. The molecule has 0 amide bonds. The average Bonchev–Trinajstić information content (AvgIpc) is 2.15. The summed E-state index contributed by atoms with van der Waals surface area (Å²) >= 11 is 0. The van der Waals surface area contributed by atoms with Gasteiger partial charge >= 0.3 is 5.97 Å². The van der Waals surface area contributed by atoms with Crippen LogP contribution in [0.15, 0.2) is 24.4 Å². The Hall–Kier alpha value is -1.84. The number of esters is 1. The Kier molecular flexibility index (Phi) is 3.67. The molecule has 1 aromatic heterocycles. The normalized spacial score (nSPS) is 10.4. The van der Waals surface area contributed by atoms with E-state index >= 15 is 0 Å². The van der Waals surface area contributed by atoms with Crippen molar-refractivity contribution in [3.8, 4) is 0 Å². The number of anilines is 1. The van der Waals surface area contributed by atoms with E-state index < -0.39 is 0 Å². The zero-order valence-electron chi connectivity index (χ0n) is 7.93. The zero-order chi connectivity index (χ0) is 10.4. The van der Waals surface area contributed by atoms with E-state index in [9.17, 15) is 4.79 Å². The number of nitrogens with zero attached hydrogens (tertiary/aromatic N) is 1. The number of ether oxygens (including phenoxy) is 1. The second-order valence-electron chi connectivity index (χ2n) is 2.60. The van der Waals surface area contributed by atoms with Gasteiger partial charge in [0, 0.05) is 18.0 Å². The van der Waals surface area contributed by atoms with Crippen LogP contribution in [0.1, 0.15) is 12.6 Å². The molecule has 1 aromatic rings. The molecule has 74 valence electrons. The van der Waals surface area contributed by atoms with E-state index in [0.29, 0.717) is 18.0 Å². The molecule has 0 aliphatic carbocycles. The number of carbonyl (C=O) groups is 1. The molecule has 14 heavy (non-hydrogen) atoms. The van der Waals surface area contributed by atoms with E-state index in [-0.39, 0.29) is 5.97 Å². The molecule has 0 saturated carbocycles. The monoisotopic (exact) mass is 192 g/mol. The minimum atomic E-state index is -0.378. The van der Waals surface area contributed by atoms with Gasteiger partial charge in [-0.15, -0.1) is 0 Å². The van der Waals surface area contributed by atoms with Crippen molar-refractivity contribution in [1.29, 1.82) is 0 Å². The summed E-state index contributed by atoms with van der Waals surface area (Å²) in [6.45, 7) is 2.12. The van der Waals surface area contributed by atoms with Crippen LogP contribution < -0.4 is 5.73 Å². The van der Waals surface area contributed by atoms with Gasteiger partial charge in [-0.1, -0.05) is 0 Å². The zero-order valence-corrected chi connectivity index (χ0v) is 7.93. The third-order valence-electron chi connectivity index (χ3n) is 1.48. The van der Waals surface area contributed by atoms with Gasteiger partial charge in [0.1, 0.15) is 0 Å². The minimum Gasteiger partial charge on any atom is -0.463 e. The summed E-state index contributed by atoms with van der Waals surface area (Å²) in [6, 6.07) is 3.36. The van der Waals surface area contributed by atoms with Crippen molar-refractivity contribution >= 4 is 17.7 Å². The standard InChI is InChI=1S/C10H12N2O2/c1-2-14-10(13)4-3-9-7-8(11)5-6-12-9/h3-7H,2H2,1H3,(H2,11,12)/b4-3+. The van der Waals surface area contributed by atoms with Crippen molar-refractivity contribution in [3.05, 3.63) is 30.1 Å². The molecule has 1 heterocycles. The molecule has 2 N–H and O–H groups in total. The number of hydrogen-bond donors (Lipinski definition) is 1. The summed E-state index contributed by atoms with van der Waals surface area (Å²) < 4.78 is 4.71. The van der Waals surface area contributed by atoms with Crippen LogP contribution in [0.25, 0.3) is 6.08 Å². The van der Waals surface area contributed by atoms with Crippen LogP contribution in [-0.4, -0.2) is 17.6 Å². The molecule has 0 unspecified atom stereocenters. The molecule has 0 aliphatic heterocycles. The van der Waals surface area contributed by atoms with Crippen molar-refractivity contribution in [2.24, 2.45) is 0 Å². The second kappa shape index (κ2) is 5.01. The van der Waals surface area contributed by atoms with Crippen LogP contribution in [0.4, 0.5) is 5.69 Å². The van der Waals surface area contributed by atoms with Gasteiger partial charge in [0.2, 0.25) is 0 Å². The van der Waals surface area contributed by atoms with Crippen LogP contribution in [0.3, 0.4) is 0 Å². The maximum absolute atomic E-state index is 10.9. The van der Waals surface area contributed by atoms with Gasteiger partial charge in [-0.25, -0.2) is 4.79 Å². The van der Waals surface area contributed by atoms with Crippen LogP contribution >= 0.6 is 0 Å². The first-order chi connectivity index (χ1) is 6.72. The Bertz CT molecular complexity index is 348. The summed E-state index contributed by atoms with van der Waals surface area (Å²) in [5.74, 6) is -0.378. The Labute approximate surface area is 82.4 Å². The van der Waals surface area contributed by atoms with E-state index in [0.717, 1.165) is 0 Å².